The fourth-order valence-electron chi connectivity index (χ4n) is 3.09. The van der Waals surface area contributed by atoms with E-state index in [4.69, 9.17) is 4.42 Å². The molecule has 0 aliphatic carbocycles. The highest BCUT2D eigenvalue weighted by Crippen LogP contribution is 2.46. The number of hydrogen-bond donors (Lipinski definition) is 0. The van der Waals surface area contributed by atoms with Crippen molar-refractivity contribution in [1.82, 2.24) is 4.98 Å². The molecule has 0 radical (unpaired) electrons. The highest BCUT2D eigenvalue weighted by Gasteiger charge is 2.38. The number of para-hydroxylation sites is 1. The number of rotatable bonds is 4. The molecule has 0 unspecified atom stereocenters. The highest BCUT2D eigenvalue weighted by atomic mass is 32.2. The monoisotopic (exact) mass is 342 g/mol. The van der Waals surface area contributed by atoms with Gasteiger partial charge in [0, 0.05) is 29.9 Å². The van der Waals surface area contributed by atoms with Gasteiger partial charge < -0.3 is 9.32 Å². The van der Waals surface area contributed by atoms with Crippen molar-refractivity contribution in [2.24, 2.45) is 0 Å². The van der Waals surface area contributed by atoms with E-state index >= 15 is 0 Å². The Balaban J connectivity index is 1.77. The van der Waals surface area contributed by atoms with Gasteiger partial charge in [-0.2, -0.15) is 0 Å². The maximum absolute atomic E-state index is 12.5. The van der Waals surface area contributed by atoms with E-state index in [1.54, 1.807) is 6.08 Å². The molecule has 0 N–H and O–H groups in total. The van der Waals surface area contributed by atoms with E-state index in [0.717, 1.165) is 22.8 Å². The van der Waals surface area contributed by atoms with Crippen molar-refractivity contribution in [3.63, 3.8) is 0 Å². The first-order valence-corrected chi connectivity index (χ1v) is 8.94. The molecule has 1 aromatic heterocycles. The zero-order chi connectivity index (χ0) is 17.5. The third kappa shape index (κ3) is 2.88. The van der Waals surface area contributed by atoms with Crippen LogP contribution in [0.5, 0.6) is 0 Å². The van der Waals surface area contributed by atoms with Crippen LogP contribution < -0.4 is 4.90 Å². The Hall–Kier alpha value is -2.01. The van der Waals surface area contributed by atoms with E-state index < -0.39 is 0 Å². The van der Waals surface area contributed by atoms with Gasteiger partial charge in [-0.15, -0.1) is 0 Å². The van der Waals surface area contributed by atoms with Gasteiger partial charge in [-0.1, -0.05) is 43.8 Å². The SMILES string of the molecule is Cc1nc(SCC(=O)C=C2N(C)c3ccccc3C2(C)C)oc1C. The molecule has 2 aromatic rings. The van der Waals surface area contributed by atoms with Crippen LogP contribution >= 0.6 is 11.8 Å². The third-order valence-electron chi connectivity index (χ3n) is 4.58. The van der Waals surface area contributed by atoms with Crippen molar-refractivity contribution >= 4 is 23.2 Å². The molecule has 0 bridgehead atoms. The summed E-state index contributed by atoms with van der Waals surface area (Å²) in [4.78, 5) is 18.9. The second-order valence-corrected chi connectivity index (χ2v) is 7.53. The molecule has 24 heavy (non-hydrogen) atoms. The summed E-state index contributed by atoms with van der Waals surface area (Å²) in [5.41, 5.74) is 4.12. The van der Waals surface area contributed by atoms with E-state index in [0.29, 0.717) is 11.0 Å². The average Bonchev–Trinajstić information content (AvgIpc) is 2.96. The number of likely N-dealkylation sites (N-methyl/N-ethyl adjacent to an activating group) is 1. The number of carbonyl (C=O) groups excluding carboxylic acids is 1. The van der Waals surface area contributed by atoms with E-state index in [2.05, 4.69) is 35.9 Å². The van der Waals surface area contributed by atoms with Crippen molar-refractivity contribution in [2.75, 3.05) is 17.7 Å². The third-order valence-corrected chi connectivity index (χ3v) is 5.44. The number of oxazole rings is 1. The Bertz CT molecular complexity index is 801. The summed E-state index contributed by atoms with van der Waals surface area (Å²) in [6.45, 7) is 8.09. The van der Waals surface area contributed by atoms with Gasteiger partial charge in [0.1, 0.15) is 5.76 Å². The number of nitrogens with zero attached hydrogens (tertiary/aromatic N) is 2. The molecule has 0 saturated carbocycles. The van der Waals surface area contributed by atoms with Gasteiger partial charge in [0.2, 0.25) is 0 Å². The summed E-state index contributed by atoms with van der Waals surface area (Å²) in [6.07, 6.45) is 1.76. The lowest BCUT2D eigenvalue weighted by atomic mass is 9.83. The van der Waals surface area contributed by atoms with Gasteiger partial charge in [0.15, 0.2) is 5.78 Å². The highest BCUT2D eigenvalue weighted by molar-refractivity contribution is 7.99. The Morgan fingerprint density at radius 2 is 2.04 bits per heavy atom. The number of fused-ring (bicyclic) bond motifs is 1. The smallest absolute Gasteiger partial charge is 0.256 e. The summed E-state index contributed by atoms with van der Waals surface area (Å²) in [7, 11) is 2.01. The quantitative estimate of drug-likeness (QED) is 0.613. The van der Waals surface area contributed by atoms with Crippen LogP contribution in [0.25, 0.3) is 0 Å². The Labute approximate surface area is 147 Å². The van der Waals surface area contributed by atoms with Crippen LogP contribution in [0.2, 0.25) is 0 Å². The standard InChI is InChI=1S/C19H22N2O2S/c1-12-13(2)23-18(20-12)24-11-14(22)10-17-19(3,4)15-8-6-7-9-16(15)21(17)5/h6-10H,11H2,1-5H3. The first-order chi connectivity index (χ1) is 11.3. The number of hydrogen-bond acceptors (Lipinski definition) is 5. The van der Waals surface area contributed by atoms with Crippen molar-refractivity contribution in [1.29, 1.82) is 0 Å². The molecular weight excluding hydrogens is 320 g/mol. The molecule has 1 aliphatic rings. The summed E-state index contributed by atoms with van der Waals surface area (Å²) < 4.78 is 5.52. The molecule has 1 aromatic carbocycles. The predicted molar refractivity (Wildman–Crippen MR) is 97.7 cm³/mol. The molecule has 0 spiro atoms. The Morgan fingerprint density at radius 3 is 2.67 bits per heavy atom. The minimum absolute atomic E-state index is 0.0660. The summed E-state index contributed by atoms with van der Waals surface area (Å²) in [6, 6.07) is 8.29. The number of allylic oxidation sites excluding steroid dienone is 2. The van der Waals surface area contributed by atoms with Gasteiger partial charge >= 0.3 is 0 Å². The molecular formula is C19H22N2O2S. The molecule has 126 valence electrons. The molecule has 5 heteroatoms. The number of ketones is 1. The molecule has 0 fully saturated rings. The maximum Gasteiger partial charge on any atom is 0.256 e. The van der Waals surface area contributed by atoms with Crippen LogP contribution in [0.15, 0.2) is 45.7 Å². The first kappa shape index (κ1) is 16.8. The fraction of sp³-hybridized carbons (Fsp3) is 0.368. The van der Waals surface area contributed by atoms with Crippen molar-refractivity contribution in [3.8, 4) is 0 Å². The van der Waals surface area contributed by atoms with Crippen LogP contribution in [-0.2, 0) is 10.2 Å². The van der Waals surface area contributed by atoms with Gasteiger partial charge in [-0.05, 0) is 25.5 Å². The number of aromatic nitrogens is 1. The average molecular weight is 342 g/mol. The van der Waals surface area contributed by atoms with Gasteiger partial charge in [0.05, 0.1) is 11.4 Å². The topological polar surface area (TPSA) is 46.3 Å². The number of carbonyl (C=O) groups is 1. The van der Waals surface area contributed by atoms with E-state index in [1.165, 1.54) is 17.3 Å². The Kier molecular flexibility index (Phi) is 4.30. The molecule has 2 heterocycles. The van der Waals surface area contributed by atoms with Crippen LogP contribution in [0, 0.1) is 13.8 Å². The zero-order valence-electron chi connectivity index (χ0n) is 14.7. The summed E-state index contributed by atoms with van der Waals surface area (Å²) >= 11 is 1.34. The van der Waals surface area contributed by atoms with Crippen molar-refractivity contribution in [2.45, 2.75) is 38.3 Å². The lowest BCUT2D eigenvalue weighted by molar-refractivity contribution is -0.112. The second kappa shape index (κ2) is 6.13. The van der Waals surface area contributed by atoms with Crippen LogP contribution in [0.1, 0.15) is 30.9 Å². The van der Waals surface area contributed by atoms with Gasteiger partial charge in [-0.25, -0.2) is 4.98 Å². The molecule has 0 saturated heterocycles. The van der Waals surface area contributed by atoms with Crippen molar-refractivity contribution < 1.29 is 9.21 Å². The lowest BCUT2D eigenvalue weighted by Gasteiger charge is -2.23. The van der Waals surface area contributed by atoms with E-state index in [1.807, 2.05) is 33.0 Å². The van der Waals surface area contributed by atoms with Crippen LogP contribution in [0.3, 0.4) is 0 Å². The summed E-state index contributed by atoms with van der Waals surface area (Å²) in [5, 5.41) is 0.555. The largest absolute Gasteiger partial charge is 0.437 e. The summed E-state index contributed by atoms with van der Waals surface area (Å²) in [5.74, 6) is 1.19. The van der Waals surface area contributed by atoms with Crippen molar-refractivity contribution in [3.05, 3.63) is 53.1 Å². The lowest BCUT2D eigenvalue weighted by Crippen LogP contribution is -2.24. The molecule has 0 atom stereocenters. The number of anilines is 1. The fourth-order valence-corrected chi connectivity index (χ4v) is 3.83. The molecule has 3 rings (SSSR count). The number of benzene rings is 1. The predicted octanol–water partition coefficient (Wildman–Crippen LogP) is 4.26. The first-order valence-electron chi connectivity index (χ1n) is 7.96. The minimum atomic E-state index is -0.179. The molecule has 4 nitrogen and oxygen atoms in total. The molecule has 0 amide bonds. The minimum Gasteiger partial charge on any atom is -0.437 e. The number of aryl methyl sites for hydroxylation is 2. The zero-order valence-corrected chi connectivity index (χ0v) is 15.5. The van der Waals surface area contributed by atoms with E-state index in [-0.39, 0.29) is 11.2 Å². The Morgan fingerprint density at radius 1 is 1.33 bits per heavy atom. The maximum atomic E-state index is 12.5. The van der Waals surface area contributed by atoms with Gasteiger partial charge in [-0.3, -0.25) is 4.79 Å². The second-order valence-electron chi connectivity index (χ2n) is 6.61. The number of thioether (sulfide) groups is 1. The normalized spacial score (nSPS) is 17.4. The molecule has 1 aliphatic heterocycles. The van der Waals surface area contributed by atoms with Crippen LogP contribution in [0.4, 0.5) is 5.69 Å². The van der Waals surface area contributed by atoms with E-state index in [9.17, 15) is 4.79 Å². The van der Waals surface area contributed by atoms with Gasteiger partial charge in [0.25, 0.3) is 5.22 Å². The van der Waals surface area contributed by atoms with Crippen LogP contribution in [-0.4, -0.2) is 23.6 Å².